The van der Waals surface area contributed by atoms with Crippen LogP contribution in [0.5, 0.6) is 0 Å². The molecule has 3 atom stereocenters. The number of hydrogen-bond acceptors (Lipinski definition) is 8. The molecule has 0 spiro atoms. The first kappa shape index (κ1) is 24.4. The van der Waals surface area contributed by atoms with Gasteiger partial charge in [0.15, 0.2) is 5.58 Å². The number of aliphatic hydroxyl groups excluding tert-OH is 1. The minimum absolute atomic E-state index is 0.102. The summed E-state index contributed by atoms with van der Waals surface area (Å²) in [6.45, 7) is 12.1. The highest BCUT2D eigenvalue weighted by Crippen LogP contribution is 2.38. The topological polar surface area (TPSA) is 105 Å². The van der Waals surface area contributed by atoms with Gasteiger partial charge in [-0.1, -0.05) is 27.7 Å². The Labute approximate surface area is 201 Å². The predicted molar refractivity (Wildman–Crippen MR) is 135 cm³/mol. The molecule has 0 saturated heterocycles. The number of aliphatic hydroxyl groups is 1. The maximum absolute atomic E-state index is 9.74. The molecule has 1 saturated carbocycles. The van der Waals surface area contributed by atoms with Crippen molar-refractivity contribution in [2.75, 3.05) is 30.9 Å². The third kappa shape index (κ3) is 5.50. The number of nitrogens with one attached hydrogen (secondary N) is 2. The molecule has 3 N–H and O–H groups in total. The van der Waals surface area contributed by atoms with Crippen LogP contribution in [0.4, 0.5) is 11.8 Å². The van der Waals surface area contributed by atoms with Gasteiger partial charge in [-0.3, -0.25) is 4.98 Å². The van der Waals surface area contributed by atoms with Crippen molar-refractivity contribution >= 4 is 22.7 Å². The lowest BCUT2D eigenvalue weighted by molar-refractivity contribution is 0.181. The van der Waals surface area contributed by atoms with Crippen molar-refractivity contribution in [2.24, 2.45) is 17.3 Å². The quantitative estimate of drug-likeness (QED) is 0.424. The molecule has 1 fully saturated rings. The summed E-state index contributed by atoms with van der Waals surface area (Å²) in [5.41, 5.74) is 3.36. The molecule has 3 heterocycles. The van der Waals surface area contributed by atoms with E-state index in [1.165, 1.54) is 0 Å². The molecule has 0 amide bonds. The molecular formula is C26H37N5O3. The molecule has 3 aromatic rings. The summed E-state index contributed by atoms with van der Waals surface area (Å²) in [4.78, 5) is 14.1. The van der Waals surface area contributed by atoms with Crippen molar-refractivity contribution in [1.82, 2.24) is 15.0 Å². The van der Waals surface area contributed by atoms with Crippen LogP contribution in [0.3, 0.4) is 0 Å². The molecule has 0 aliphatic heterocycles. The Kier molecular flexibility index (Phi) is 7.09. The minimum atomic E-state index is 0.102. The van der Waals surface area contributed by atoms with E-state index in [2.05, 4.69) is 43.3 Å². The Morgan fingerprint density at radius 2 is 2.00 bits per heavy atom. The highest BCUT2D eigenvalue weighted by Gasteiger charge is 2.32. The van der Waals surface area contributed by atoms with Gasteiger partial charge in [0.1, 0.15) is 11.6 Å². The van der Waals surface area contributed by atoms with Crippen LogP contribution in [0.25, 0.3) is 22.3 Å². The summed E-state index contributed by atoms with van der Waals surface area (Å²) in [6.07, 6.45) is 3.64. The molecule has 0 radical (unpaired) electrons. The molecule has 3 aromatic heterocycles. The second-order valence-corrected chi connectivity index (χ2v) is 10.8. The summed E-state index contributed by atoms with van der Waals surface area (Å²) < 4.78 is 11.4. The van der Waals surface area contributed by atoms with Gasteiger partial charge in [-0.2, -0.15) is 4.98 Å². The van der Waals surface area contributed by atoms with Gasteiger partial charge in [-0.05, 0) is 49.1 Å². The molecule has 0 unspecified atom stereocenters. The van der Waals surface area contributed by atoms with E-state index in [-0.39, 0.29) is 18.1 Å². The zero-order chi connectivity index (χ0) is 24.5. The van der Waals surface area contributed by atoms with E-state index in [0.29, 0.717) is 35.7 Å². The van der Waals surface area contributed by atoms with E-state index < -0.39 is 0 Å². The summed E-state index contributed by atoms with van der Waals surface area (Å²) in [6, 6.07) is 4.23. The van der Waals surface area contributed by atoms with E-state index in [4.69, 9.17) is 19.1 Å². The van der Waals surface area contributed by atoms with E-state index in [1.807, 2.05) is 19.1 Å². The number of fused-ring (bicyclic) bond motifs is 1. The monoisotopic (exact) mass is 467 g/mol. The van der Waals surface area contributed by atoms with Gasteiger partial charge < -0.3 is 24.9 Å². The molecule has 1 aliphatic carbocycles. The Bertz CT molecular complexity index is 1140. The number of nitrogens with zero attached hydrogens (tertiary/aromatic N) is 3. The first-order valence-corrected chi connectivity index (χ1v) is 12.0. The number of furan rings is 1. The maximum Gasteiger partial charge on any atom is 0.224 e. The Morgan fingerprint density at radius 1 is 1.21 bits per heavy atom. The van der Waals surface area contributed by atoms with Crippen LogP contribution in [-0.2, 0) is 11.3 Å². The number of ether oxygens (including phenoxy) is 1. The van der Waals surface area contributed by atoms with Crippen LogP contribution in [0.15, 0.2) is 22.7 Å². The van der Waals surface area contributed by atoms with Crippen LogP contribution in [0.2, 0.25) is 0 Å². The molecule has 184 valence electrons. The van der Waals surface area contributed by atoms with Crippen molar-refractivity contribution in [1.29, 1.82) is 0 Å². The third-order valence-corrected chi connectivity index (χ3v) is 6.49. The van der Waals surface area contributed by atoms with Crippen molar-refractivity contribution in [3.05, 3.63) is 29.7 Å². The molecule has 34 heavy (non-hydrogen) atoms. The van der Waals surface area contributed by atoms with Crippen molar-refractivity contribution < 1.29 is 14.3 Å². The lowest BCUT2D eigenvalue weighted by Crippen LogP contribution is -2.22. The van der Waals surface area contributed by atoms with Crippen molar-refractivity contribution in [3.8, 4) is 11.3 Å². The molecule has 4 rings (SSSR count). The fraction of sp³-hybridized carbons (Fsp3) is 0.577. The van der Waals surface area contributed by atoms with Crippen LogP contribution >= 0.6 is 0 Å². The molecule has 1 aliphatic rings. The van der Waals surface area contributed by atoms with Gasteiger partial charge in [0.2, 0.25) is 5.95 Å². The van der Waals surface area contributed by atoms with Gasteiger partial charge in [-0.15, -0.1) is 0 Å². The fourth-order valence-electron chi connectivity index (χ4n) is 4.64. The number of methoxy groups -OCH3 is 1. The van der Waals surface area contributed by atoms with Gasteiger partial charge >= 0.3 is 0 Å². The summed E-state index contributed by atoms with van der Waals surface area (Å²) in [5, 5.41) is 17.7. The number of hydrogen-bond donors (Lipinski definition) is 3. The largest absolute Gasteiger partial charge is 0.454 e. The molecule has 0 aromatic carbocycles. The molecule has 8 nitrogen and oxygen atoms in total. The minimum Gasteiger partial charge on any atom is -0.454 e. The first-order chi connectivity index (χ1) is 16.2. The third-order valence-electron chi connectivity index (χ3n) is 6.49. The zero-order valence-corrected chi connectivity index (χ0v) is 21.1. The van der Waals surface area contributed by atoms with Crippen LogP contribution in [0.1, 0.15) is 51.9 Å². The van der Waals surface area contributed by atoms with Crippen molar-refractivity contribution in [2.45, 2.75) is 60.1 Å². The Morgan fingerprint density at radius 3 is 2.68 bits per heavy atom. The average Bonchev–Trinajstić information content (AvgIpc) is 3.33. The van der Waals surface area contributed by atoms with E-state index in [9.17, 15) is 5.11 Å². The summed E-state index contributed by atoms with van der Waals surface area (Å²) >= 11 is 0. The normalized spacial score (nSPS) is 20.7. The van der Waals surface area contributed by atoms with Gasteiger partial charge in [-0.25, -0.2) is 4.98 Å². The summed E-state index contributed by atoms with van der Waals surface area (Å²) in [7, 11) is 1.66. The predicted octanol–water partition coefficient (Wildman–Crippen LogP) is 5.02. The second kappa shape index (κ2) is 9.88. The lowest BCUT2D eigenvalue weighted by atomic mass is 9.97. The van der Waals surface area contributed by atoms with Crippen LogP contribution < -0.4 is 10.6 Å². The number of aromatic nitrogens is 3. The SMILES string of the molecule is COCc1cc2cc(-c3c(C)nc(NCC(C)(C)C)nc3N[C@@H]3C[C@H](CO)[C@@H](C)C3)oc2cn1. The molecular weight excluding hydrogens is 430 g/mol. The number of anilines is 2. The Balaban J connectivity index is 1.72. The van der Waals surface area contributed by atoms with Crippen molar-refractivity contribution in [3.63, 3.8) is 0 Å². The number of pyridine rings is 1. The highest BCUT2D eigenvalue weighted by molar-refractivity contribution is 5.86. The van der Waals surface area contributed by atoms with E-state index in [0.717, 1.165) is 47.5 Å². The lowest BCUT2D eigenvalue weighted by Gasteiger charge is -2.21. The second-order valence-electron chi connectivity index (χ2n) is 10.8. The fourth-order valence-corrected chi connectivity index (χ4v) is 4.64. The maximum atomic E-state index is 9.74. The highest BCUT2D eigenvalue weighted by atomic mass is 16.5. The number of aryl methyl sites for hydroxylation is 1. The Hall–Kier alpha value is -2.71. The van der Waals surface area contributed by atoms with Gasteiger partial charge in [0.05, 0.1) is 29.8 Å². The van der Waals surface area contributed by atoms with Gasteiger partial charge in [0.25, 0.3) is 0 Å². The van der Waals surface area contributed by atoms with Crippen LogP contribution in [-0.4, -0.2) is 46.4 Å². The average molecular weight is 468 g/mol. The van der Waals surface area contributed by atoms with E-state index >= 15 is 0 Å². The summed E-state index contributed by atoms with van der Waals surface area (Å²) in [5.74, 6) is 2.83. The first-order valence-electron chi connectivity index (χ1n) is 12.0. The number of rotatable bonds is 8. The standard InChI is InChI=1S/C26H37N5O3/c1-15-7-19(9-18(15)12-32)30-24-23(16(2)29-25(31-24)28-14-26(3,4)5)21-10-17-8-20(13-33-6)27-11-22(17)34-21/h8,10-11,15,18-19,32H,7,9,12-14H2,1-6H3,(H2,28,29,30,31)/t15-,18+,19-/m0/s1. The van der Waals surface area contributed by atoms with Gasteiger partial charge in [0, 0.05) is 31.7 Å². The zero-order valence-electron chi connectivity index (χ0n) is 21.1. The van der Waals surface area contributed by atoms with E-state index in [1.54, 1.807) is 13.3 Å². The molecule has 8 heteroatoms. The smallest absolute Gasteiger partial charge is 0.224 e. The molecule has 0 bridgehead atoms. The van der Waals surface area contributed by atoms with Crippen LogP contribution in [0, 0.1) is 24.2 Å².